The maximum absolute atomic E-state index is 15.2. The highest BCUT2D eigenvalue weighted by atomic mass is 16.7. The van der Waals surface area contributed by atoms with Gasteiger partial charge in [-0.15, -0.1) is 0 Å². The zero-order chi connectivity index (χ0) is 46.0. The van der Waals surface area contributed by atoms with E-state index >= 15 is 4.79 Å². The molecule has 5 aliphatic rings. The van der Waals surface area contributed by atoms with E-state index in [0.717, 1.165) is 0 Å². The summed E-state index contributed by atoms with van der Waals surface area (Å²) in [6.07, 6.45) is -15.2. The van der Waals surface area contributed by atoms with E-state index < -0.39 is 132 Å². The van der Waals surface area contributed by atoms with Crippen molar-refractivity contribution in [3.63, 3.8) is 0 Å². The minimum absolute atomic E-state index is 0.0465. The average molecular weight is 882 g/mol. The number of carbonyl (C=O) groups is 3. The predicted molar refractivity (Wildman–Crippen MR) is 220 cm³/mol. The van der Waals surface area contributed by atoms with E-state index in [1.807, 2.05) is 0 Å². The first kappa shape index (κ1) is 46.9. The number of aliphatic hydroxyl groups is 8. The summed E-state index contributed by atoms with van der Waals surface area (Å²) in [4.78, 5) is 42.5. The minimum Gasteiger partial charge on any atom is -0.492 e. The normalized spacial score (nSPS) is 39.3. The molecule has 2 saturated heterocycles. The summed E-state index contributed by atoms with van der Waals surface area (Å²) in [7, 11) is 0. The number of Topliss-reactive ketones (excluding diaryl/α,β-unsaturated/α-hetero) is 1. The van der Waals surface area contributed by atoms with Crippen LogP contribution in [0.15, 0.2) is 84.1 Å². The summed E-state index contributed by atoms with van der Waals surface area (Å²) in [6, 6.07) is 15.4. The largest absolute Gasteiger partial charge is 0.492 e. The number of aliphatic hydroxyl groups excluding tert-OH is 6. The Labute approximate surface area is 364 Å². The number of ether oxygens (including phenoxy) is 5. The van der Waals surface area contributed by atoms with Crippen LogP contribution in [0.25, 0.3) is 0 Å². The fraction of sp³-hybridized carbons (Fsp3) is 0.587. The zero-order valence-electron chi connectivity index (χ0n) is 35.9. The molecule has 2 saturated carbocycles. The topological polar surface area (TPSA) is 271 Å². The minimum atomic E-state index is -1.94. The van der Waals surface area contributed by atoms with Crippen molar-refractivity contribution in [1.29, 1.82) is 0 Å². The summed E-state index contributed by atoms with van der Waals surface area (Å²) in [5.74, 6) is -4.67. The quantitative estimate of drug-likeness (QED) is 0.0791. The monoisotopic (exact) mass is 881 g/mol. The Balaban J connectivity index is 1.18. The van der Waals surface area contributed by atoms with Gasteiger partial charge in [0.25, 0.3) is 5.91 Å². The number of nitrogens with one attached hydrogen (secondary N) is 1. The Hall–Kier alpha value is -4.11. The number of amides is 1. The van der Waals surface area contributed by atoms with Crippen LogP contribution in [-0.4, -0.2) is 151 Å². The molecule has 3 aliphatic carbocycles. The molecule has 9 N–H and O–H groups in total. The SMILES string of the molecule is C=C(COC1OC(CO)C(O)C(O)C1O)OC1CC2OC[C@@]2(O)C2C(C)C3(O)CC(OC(=O)C(O)C(NC(=O)c4ccccc4)c4ccccc4)C(C)=C(C(O)C(=O)[C@]12C)C3(C)C. The van der Waals surface area contributed by atoms with Gasteiger partial charge in [0.05, 0.1) is 36.4 Å². The molecule has 7 rings (SSSR count). The third-order valence-electron chi connectivity index (χ3n) is 14.7. The molecule has 4 fully saturated rings. The van der Waals surface area contributed by atoms with Crippen LogP contribution in [0.1, 0.15) is 69.4 Å². The van der Waals surface area contributed by atoms with Crippen LogP contribution in [0.3, 0.4) is 0 Å². The Morgan fingerprint density at radius 3 is 2.19 bits per heavy atom. The summed E-state index contributed by atoms with van der Waals surface area (Å²) in [6.45, 7) is 10.8. The van der Waals surface area contributed by atoms with Crippen LogP contribution in [0, 0.1) is 22.7 Å². The number of carbonyl (C=O) groups excluding carboxylic acids is 3. The number of rotatable bonds is 12. The highest BCUT2D eigenvalue weighted by Gasteiger charge is 2.75. The average Bonchev–Trinajstić information content (AvgIpc) is 3.26. The second-order valence-electron chi connectivity index (χ2n) is 18.4. The van der Waals surface area contributed by atoms with Crippen molar-refractivity contribution < 1.29 is 78.9 Å². The van der Waals surface area contributed by atoms with Gasteiger partial charge in [-0.05, 0) is 48.6 Å². The molecular formula is C46H59NO16. The lowest BCUT2D eigenvalue weighted by molar-refractivity contribution is -0.337. The second-order valence-corrected chi connectivity index (χ2v) is 18.4. The molecule has 63 heavy (non-hydrogen) atoms. The first-order valence-electron chi connectivity index (χ1n) is 21.2. The molecule has 14 unspecified atom stereocenters. The standard InChI is InChI=1S/C46H59NO16/c1-22(20-59-42-37(53)36(52)33(49)28(19-48)63-42)61-29-17-30-45(57,21-60-30)38-24(3)46(58)18-27(23(2)31(43(46,4)5)34(50)39(54)44(29,38)6)62-41(56)35(51)32(25-13-9-7-10-14-25)47-40(55)26-15-11-8-12-16-26/h7-16,24,27-30,32-38,42,48-53,57-58H,1,17-21H2,2-6H3,(H,47,55)/t24?,27?,28?,29?,30?,32?,33?,34?,35?,36?,37?,38?,42?,44-,45+,46?/m1/s1. The lowest BCUT2D eigenvalue weighted by atomic mass is 9.42. The molecule has 17 nitrogen and oxygen atoms in total. The molecule has 0 aromatic heterocycles. The van der Waals surface area contributed by atoms with Crippen LogP contribution < -0.4 is 5.32 Å². The number of hydrogen-bond acceptors (Lipinski definition) is 16. The van der Waals surface area contributed by atoms with Gasteiger partial charge in [0.2, 0.25) is 0 Å². The van der Waals surface area contributed by atoms with Crippen molar-refractivity contribution in [2.24, 2.45) is 22.7 Å². The molecule has 17 heteroatoms. The first-order chi connectivity index (χ1) is 29.6. The van der Waals surface area contributed by atoms with Crippen molar-refractivity contribution in [3.8, 4) is 0 Å². The molecule has 344 valence electrons. The first-order valence-corrected chi connectivity index (χ1v) is 21.2. The third kappa shape index (κ3) is 7.74. The fourth-order valence-electron chi connectivity index (χ4n) is 11.0. The van der Waals surface area contributed by atoms with Crippen LogP contribution in [0.4, 0.5) is 0 Å². The maximum Gasteiger partial charge on any atom is 0.338 e. The van der Waals surface area contributed by atoms with Crippen molar-refractivity contribution in [3.05, 3.63) is 95.3 Å². The number of ketones is 1. The van der Waals surface area contributed by atoms with E-state index in [2.05, 4.69) is 11.9 Å². The van der Waals surface area contributed by atoms with Gasteiger partial charge in [-0.1, -0.05) is 75.9 Å². The molecule has 16 atom stereocenters. The van der Waals surface area contributed by atoms with Crippen molar-refractivity contribution in [1.82, 2.24) is 5.32 Å². The van der Waals surface area contributed by atoms with E-state index in [-0.39, 0.29) is 41.9 Å². The highest BCUT2D eigenvalue weighted by Crippen LogP contribution is 2.65. The van der Waals surface area contributed by atoms with E-state index in [1.54, 1.807) is 95.3 Å². The molecular weight excluding hydrogens is 822 g/mol. The summed E-state index contributed by atoms with van der Waals surface area (Å²) < 4.78 is 29.3. The Bertz CT molecular complexity index is 2080. The van der Waals surface area contributed by atoms with E-state index in [4.69, 9.17) is 23.7 Å². The number of fused-ring (bicyclic) bond motifs is 5. The van der Waals surface area contributed by atoms with Gasteiger partial charge in [0, 0.05) is 29.7 Å². The molecule has 1 amide bonds. The van der Waals surface area contributed by atoms with Crippen LogP contribution in [0.2, 0.25) is 0 Å². The van der Waals surface area contributed by atoms with Gasteiger partial charge in [-0.3, -0.25) is 9.59 Å². The molecule has 2 bridgehead atoms. The smallest absolute Gasteiger partial charge is 0.338 e. The molecule has 0 radical (unpaired) electrons. The predicted octanol–water partition coefficient (Wildman–Crippen LogP) is 0.359. The third-order valence-corrected chi connectivity index (χ3v) is 14.7. The van der Waals surface area contributed by atoms with E-state index in [1.165, 1.54) is 0 Å². The molecule has 0 spiro atoms. The summed E-state index contributed by atoms with van der Waals surface area (Å²) in [5.41, 5.74) is -5.66. The number of hydrogen-bond donors (Lipinski definition) is 9. The van der Waals surface area contributed by atoms with Crippen molar-refractivity contribution in [2.75, 3.05) is 19.8 Å². The van der Waals surface area contributed by atoms with Crippen LogP contribution in [-0.2, 0) is 33.3 Å². The van der Waals surface area contributed by atoms with Gasteiger partial charge in [-0.25, -0.2) is 4.79 Å². The second kappa shape index (κ2) is 17.4. The summed E-state index contributed by atoms with van der Waals surface area (Å²) >= 11 is 0. The van der Waals surface area contributed by atoms with E-state index in [9.17, 15) is 50.4 Å². The molecule has 2 heterocycles. The molecule has 2 aromatic rings. The maximum atomic E-state index is 15.2. The number of benzene rings is 2. The fourth-order valence-corrected chi connectivity index (χ4v) is 11.0. The van der Waals surface area contributed by atoms with Gasteiger partial charge in [-0.2, -0.15) is 0 Å². The van der Waals surface area contributed by atoms with E-state index in [0.29, 0.717) is 5.56 Å². The van der Waals surface area contributed by atoms with Gasteiger partial charge < -0.3 is 69.9 Å². The molecule has 2 aliphatic heterocycles. The number of esters is 1. The van der Waals surface area contributed by atoms with Crippen LogP contribution in [0.5, 0.6) is 0 Å². The summed E-state index contributed by atoms with van der Waals surface area (Å²) in [5, 5.41) is 92.8. The Morgan fingerprint density at radius 1 is 0.952 bits per heavy atom. The van der Waals surface area contributed by atoms with Gasteiger partial charge in [0.15, 0.2) is 18.2 Å². The van der Waals surface area contributed by atoms with Gasteiger partial charge in [0.1, 0.15) is 60.7 Å². The lowest BCUT2D eigenvalue weighted by Crippen LogP contribution is -2.79. The van der Waals surface area contributed by atoms with Gasteiger partial charge >= 0.3 is 5.97 Å². The molecule has 2 aromatic carbocycles. The lowest BCUT2D eigenvalue weighted by Gasteiger charge is -2.67. The highest BCUT2D eigenvalue weighted by molar-refractivity contribution is 5.95. The van der Waals surface area contributed by atoms with Crippen molar-refractivity contribution in [2.45, 2.75) is 126 Å². The van der Waals surface area contributed by atoms with Crippen LogP contribution >= 0.6 is 0 Å². The zero-order valence-corrected chi connectivity index (χ0v) is 35.9. The Kier molecular flexibility index (Phi) is 12.9. The Morgan fingerprint density at radius 2 is 1.59 bits per heavy atom. The van der Waals surface area contributed by atoms with Crippen molar-refractivity contribution >= 4 is 17.7 Å².